The summed E-state index contributed by atoms with van der Waals surface area (Å²) in [5.41, 5.74) is 0.944. The third kappa shape index (κ3) is 5.36. The van der Waals surface area contributed by atoms with Crippen molar-refractivity contribution >= 4 is 46.7 Å². The van der Waals surface area contributed by atoms with Gasteiger partial charge in [0.15, 0.2) is 5.82 Å². The van der Waals surface area contributed by atoms with Gasteiger partial charge in [-0.15, -0.1) is 0 Å². The van der Waals surface area contributed by atoms with E-state index in [0.717, 1.165) is 10.6 Å². The minimum absolute atomic E-state index is 0.0623. The summed E-state index contributed by atoms with van der Waals surface area (Å²) in [6, 6.07) is 7.95. The molecule has 1 aromatic carbocycles. The molecule has 0 aliphatic rings. The van der Waals surface area contributed by atoms with Crippen molar-refractivity contribution in [2.45, 2.75) is 31.2 Å². The van der Waals surface area contributed by atoms with Crippen molar-refractivity contribution in [3.8, 4) is 0 Å². The number of aromatic nitrogens is 2. The molecule has 0 saturated heterocycles. The predicted octanol–water partition coefficient (Wildman–Crippen LogP) is 4.92. The Kier molecular flexibility index (Phi) is 5.32. The highest BCUT2D eigenvalue weighted by Crippen LogP contribution is 2.25. The Morgan fingerprint density at radius 2 is 1.76 bits per heavy atom. The summed E-state index contributed by atoms with van der Waals surface area (Å²) in [5.74, 6) is 0.491. The highest BCUT2D eigenvalue weighted by atomic mass is 35.5. The quantitative estimate of drug-likeness (QED) is 0.609. The van der Waals surface area contributed by atoms with Gasteiger partial charge < -0.3 is 5.32 Å². The van der Waals surface area contributed by atoms with Gasteiger partial charge in [-0.3, -0.25) is 4.72 Å². The molecule has 0 spiro atoms. The van der Waals surface area contributed by atoms with Gasteiger partial charge >= 0.3 is 0 Å². The van der Waals surface area contributed by atoms with Crippen LogP contribution < -0.4 is 10.0 Å². The number of benzene rings is 1. The van der Waals surface area contributed by atoms with Gasteiger partial charge in [-0.25, -0.2) is 4.98 Å². The maximum Gasteiger partial charge on any atom is 0.224 e. The second kappa shape index (κ2) is 6.83. The number of nitrogens with one attached hydrogen (secondary N) is 2. The molecule has 0 unspecified atom stereocenters. The molecule has 1 aromatic heterocycles. The number of hydrogen-bond donors (Lipinski definition) is 2. The zero-order chi connectivity index (χ0) is 15.5. The summed E-state index contributed by atoms with van der Waals surface area (Å²) in [6.45, 7) is 6.37. The van der Waals surface area contributed by atoms with Crippen molar-refractivity contribution in [2.24, 2.45) is 0 Å². The molecule has 0 saturated carbocycles. The minimum Gasteiger partial charge on any atom is -0.339 e. The summed E-state index contributed by atoms with van der Waals surface area (Å²) in [4.78, 5) is 8.99. The second-order valence-corrected chi connectivity index (χ2v) is 7.06. The van der Waals surface area contributed by atoms with E-state index in [1.165, 1.54) is 6.20 Å². The van der Waals surface area contributed by atoms with E-state index in [0.29, 0.717) is 10.8 Å². The van der Waals surface area contributed by atoms with Crippen LogP contribution in [-0.2, 0) is 0 Å². The first-order valence-corrected chi connectivity index (χ1v) is 7.90. The normalized spacial score (nSPS) is 11.5. The lowest BCUT2D eigenvalue weighted by atomic mass is 10.1. The SMILES string of the molecule is CC(C)(C)NSc1ccc(Nc2nc(Cl)ncc2Cl)cc1. The Balaban J connectivity index is 2.04. The molecule has 0 fully saturated rings. The second-order valence-electron chi connectivity index (χ2n) is 5.44. The number of hydrogen-bond acceptors (Lipinski definition) is 5. The van der Waals surface area contributed by atoms with Gasteiger partial charge in [0.2, 0.25) is 5.28 Å². The van der Waals surface area contributed by atoms with Gasteiger partial charge in [-0.1, -0.05) is 11.6 Å². The van der Waals surface area contributed by atoms with Crippen LogP contribution in [-0.4, -0.2) is 15.5 Å². The smallest absolute Gasteiger partial charge is 0.224 e. The van der Waals surface area contributed by atoms with Crippen molar-refractivity contribution in [3.63, 3.8) is 0 Å². The first-order valence-electron chi connectivity index (χ1n) is 6.33. The Morgan fingerprint density at radius 1 is 1.10 bits per heavy atom. The van der Waals surface area contributed by atoms with E-state index in [1.807, 2.05) is 24.3 Å². The molecule has 112 valence electrons. The molecule has 0 atom stereocenters. The van der Waals surface area contributed by atoms with Crippen LogP contribution in [0.15, 0.2) is 35.4 Å². The van der Waals surface area contributed by atoms with Crippen LogP contribution in [0, 0.1) is 0 Å². The van der Waals surface area contributed by atoms with E-state index < -0.39 is 0 Å². The van der Waals surface area contributed by atoms with Crippen LogP contribution in [0.2, 0.25) is 10.3 Å². The Bertz CT molecular complexity index is 611. The van der Waals surface area contributed by atoms with E-state index in [9.17, 15) is 0 Å². The molecule has 0 aliphatic carbocycles. The summed E-state index contributed by atoms with van der Waals surface area (Å²) >= 11 is 13.4. The van der Waals surface area contributed by atoms with Crippen LogP contribution >= 0.6 is 35.1 Å². The van der Waals surface area contributed by atoms with Gasteiger partial charge in [0.05, 0.1) is 6.20 Å². The largest absolute Gasteiger partial charge is 0.339 e. The zero-order valence-corrected chi connectivity index (χ0v) is 14.3. The summed E-state index contributed by atoms with van der Waals surface area (Å²) < 4.78 is 3.36. The molecule has 0 bridgehead atoms. The van der Waals surface area contributed by atoms with Crippen LogP contribution in [0.1, 0.15) is 20.8 Å². The zero-order valence-electron chi connectivity index (χ0n) is 11.9. The Hall–Kier alpha value is -1.01. The van der Waals surface area contributed by atoms with Crippen molar-refractivity contribution < 1.29 is 0 Å². The van der Waals surface area contributed by atoms with Crippen molar-refractivity contribution in [1.82, 2.24) is 14.7 Å². The Morgan fingerprint density at radius 3 is 2.38 bits per heavy atom. The van der Waals surface area contributed by atoms with Gasteiger partial charge in [-0.05, 0) is 68.6 Å². The first-order chi connectivity index (χ1) is 9.83. The van der Waals surface area contributed by atoms with Crippen molar-refractivity contribution in [3.05, 3.63) is 40.8 Å². The molecule has 4 nitrogen and oxygen atoms in total. The topological polar surface area (TPSA) is 49.8 Å². The molecule has 2 rings (SSSR count). The van der Waals surface area contributed by atoms with Gasteiger partial charge in [0, 0.05) is 16.1 Å². The number of nitrogens with zero attached hydrogens (tertiary/aromatic N) is 2. The van der Waals surface area contributed by atoms with Crippen LogP contribution in [0.25, 0.3) is 0 Å². The molecule has 0 radical (unpaired) electrons. The lowest BCUT2D eigenvalue weighted by molar-refractivity contribution is 0.535. The van der Waals surface area contributed by atoms with Gasteiger partial charge in [-0.2, -0.15) is 4.98 Å². The molecule has 2 aromatic rings. The van der Waals surface area contributed by atoms with Gasteiger partial charge in [0.1, 0.15) is 5.02 Å². The number of anilines is 2. The molecule has 7 heteroatoms. The molecule has 0 amide bonds. The molecular weight excluding hydrogens is 327 g/mol. The van der Waals surface area contributed by atoms with Crippen molar-refractivity contribution in [2.75, 3.05) is 5.32 Å². The fraction of sp³-hybridized carbons (Fsp3) is 0.286. The lowest BCUT2D eigenvalue weighted by Crippen LogP contribution is -2.29. The molecule has 2 N–H and O–H groups in total. The maximum atomic E-state index is 6.02. The van der Waals surface area contributed by atoms with Crippen LogP contribution in [0.4, 0.5) is 11.5 Å². The fourth-order valence-corrected chi connectivity index (χ4v) is 2.36. The average molecular weight is 343 g/mol. The third-order valence-corrected chi connectivity index (χ3v) is 3.99. The summed E-state index contributed by atoms with van der Waals surface area (Å²) in [5, 5.41) is 3.69. The molecular formula is C14H16Cl2N4S. The number of halogens is 2. The lowest BCUT2D eigenvalue weighted by Gasteiger charge is -2.19. The van der Waals surface area contributed by atoms with E-state index in [-0.39, 0.29) is 10.8 Å². The molecule has 1 heterocycles. The fourth-order valence-electron chi connectivity index (χ4n) is 1.39. The van der Waals surface area contributed by atoms with E-state index in [4.69, 9.17) is 23.2 Å². The highest BCUT2D eigenvalue weighted by Gasteiger charge is 2.09. The standard InChI is InChI=1S/C14H16Cl2N4S/c1-14(2,3)20-21-10-6-4-9(5-7-10)18-12-11(15)8-17-13(16)19-12/h4-8,20H,1-3H3,(H,17,18,19). The third-order valence-electron chi connectivity index (χ3n) is 2.31. The first kappa shape index (κ1) is 16.4. The van der Waals surface area contributed by atoms with Gasteiger partial charge in [0.25, 0.3) is 0 Å². The summed E-state index contributed by atoms with van der Waals surface area (Å²) in [6.07, 6.45) is 1.47. The van der Waals surface area contributed by atoms with Crippen LogP contribution in [0.3, 0.4) is 0 Å². The summed E-state index contributed by atoms with van der Waals surface area (Å²) in [7, 11) is 0. The number of rotatable bonds is 4. The monoisotopic (exact) mass is 342 g/mol. The van der Waals surface area contributed by atoms with E-state index in [1.54, 1.807) is 11.9 Å². The van der Waals surface area contributed by atoms with Crippen LogP contribution in [0.5, 0.6) is 0 Å². The minimum atomic E-state index is 0.0623. The molecule has 0 aliphatic heterocycles. The highest BCUT2D eigenvalue weighted by molar-refractivity contribution is 7.97. The van der Waals surface area contributed by atoms with E-state index in [2.05, 4.69) is 40.8 Å². The Labute approximate surface area is 138 Å². The van der Waals surface area contributed by atoms with E-state index >= 15 is 0 Å². The predicted molar refractivity (Wildman–Crippen MR) is 90.5 cm³/mol. The molecule has 21 heavy (non-hydrogen) atoms. The maximum absolute atomic E-state index is 6.02. The van der Waals surface area contributed by atoms with Crippen molar-refractivity contribution in [1.29, 1.82) is 0 Å². The average Bonchev–Trinajstić information content (AvgIpc) is 2.41.